The Hall–Kier alpha value is -2.97. The summed E-state index contributed by atoms with van der Waals surface area (Å²) in [4.78, 5) is 3.99. The van der Waals surface area contributed by atoms with Crippen molar-refractivity contribution < 1.29 is 4.74 Å². The molecule has 156 valence electrons. The fourth-order valence-corrected chi connectivity index (χ4v) is 5.93. The first-order chi connectivity index (χ1) is 15.0. The highest BCUT2D eigenvalue weighted by Crippen LogP contribution is 2.38. The van der Waals surface area contributed by atoms with Crippen LogP contribution in [0.15, 0.2) is 118 Å². The minimum absolute atomic E-state index is 0.144. The molecule has 0 aliphatic carbocycles. The van der Waals surface area contributed by atoms with Crippen LogP contribution in [-0.4, -0.2) is 7.11 Å². The average molecular weight is 426 g/mol. The van der Waals surface area contributed by atoms with Gasteiger partial charge in [-0.15, -0.1) is 0 Å². The standard InChI is InChI=1S/C29H29OS/c1-29(2,3)23-16-20-26(21-17-23)31(25-10-6-5-7-11-25)28-13-9-8-12-27(28)22-14-18-24(30-4)19-15-22/h5-21H,1-4H3/q+1. The van der Waals surface area contributed by atoms with Crippen LogP contribution in [-0.2, 0) is 16.3 Å². The second-order valence-electron chi connectivity index (χ2n) is 8.62. The second kappa shape index (κ2) is 9.03. The van der Waals surface area contributed by atoms with E-state index in [2.05, 4.69) is 112 Å². The molecule has 1 atom stereocenters. The Morgan fingerprint density at radius 2 is 1.19 bits per heavy atom. The van der Waals surface area contributed by atoms with Gasteiger partial charge in [0, 0.05) is 5.56 Å². The van der Waals surface area contributed by atoms with Gasteiger partial charge in [0.1, 0.15) is 5.75 Å². The van der Waals surface area contributed by atoms with Gasteiger partial charge in [0.25, 0.3) is 0 Å². The highest BCUT2D eigenvalue weighted by atomic mass is 32.2. The molecule has 31 heavy (non-hydrogen) atoms. The summed E-state index contributed by atoms with van der Waals surface area (Å²) in [7, 11) is 1.51. The molecule has 4 aromatic carbocycles. The summed E-state index contributed by atoms with van der Waals surface area (Å²) < 4.78 is 5.36. The van der Waals surface area contributed by atoms with E-state index in [0.29, 0.717) is 0 Å². The Bertz CT molecular complexity index is 1120. The van der Waals surface area contributed by atoms with Crippen LogP contribution < -0.4 is 4.74 Å². The van der Waals surface area contributed by atoms with Crippen molar-refractivity contribution in [2.75, 3.05) is 7.11 Å². The maximum absolute atomic E-state index is 5.36. The van der Waals surface area contributed by atoms with Gasteiger partial charge in [-0.2, -0.15) is 0 Å². The van der Waals surface area contributed by atoms with Gasteiger partial charge in [-0.1, -0.05) is 75.4 Å². The first kappa shape index (κ1) is 21.3. The molecule has 0 aromatic heterocycles. The summed E-state index contributed by atoms with van der Waals surface area (Å²) in [5, 5.41) is 0. The van der Waals surface area contributed by atoms with Crippen molar-refractivity contribution in [1.29, 1.82) is 0 Å². The SMILES string of the molecule is COc1ccc(-c2ccccc2[S+](c2ccccc2)c2ccc(C(C)(C)C)cc2)cc1. The molecule has 4 aromatic rings. The Morgan fingerprint density at radius 1 is 0.613 bits per heavy atom. The number of hydrogen-bond donors (Lipinski definition) is 0. The minimum Gasteiger partial charge on any atom is -0.497 e. The maximum atomic E-state index is 5.36. The lowest BCUT2D eigenvalue weighted by molar-refractivity contribution is 0.415. The zero-order valence-electron chi connectivity index (χ0n) is 18.6. The largest absolute Gasteiger partial charge is 0.497 e. The third-order valence-corrected chi connectivity index (χ3v) is 7.73. The second-order valence-corrected chi connectivity index (χ2v) is 10.6. The zero-order chi connectivity index (χ0) is 21.8. The fraction of sp³-hybridized carbons (Fsp3) is 0.172. The lowest BCUT2D eigenvalue weighted by Crippen LogP contribution is -2.12. The third kappa shape index (κ3) is 4.70. The van der Waals surface area contributed by atoms with Gasteiger partial charge >= 0.3 is 0 Å². The minimum atomic E-state index is -0.200. The topological polar surface area (TPSA) is 9.23 Å². The molecule has 0 aliphatic heterocycles. The molecule has 4 rings (SSSR count). The number of rotatable bonds is 5. The lowest BCUT2D eigenvalue weighted by atomic mass is 9.87. The monoisotopic (exact) mass is 425 g/mol. The van der Waals surface area contributed by atoms with E-state index in [-0.39, 0.29) is 16.3 Å². The van der Waals surface area contributed by atoms with Crippen LogP contribution in [0.4, 0.5) is 0 Å². The van der Waals surface area contributed by atoms with Crippen LogP contribution in [0, 0.1) is 0 Å². The molecule has 0 saturated carbocycles. The molecule has 2 heteroatoms. The number of hydrogen-bond acceptors (Lipinski definition) is 1. The van der Waals surface area contributed by atoms with Crippen molar-refractivity contribution in [2.45, 2.75) is 40.9 Å². The molecule has 0 heterocycles. The van der Waals surface area contributed by atoms with E-state index in [0.717, 1.165) is 5.75 Å². The van der Waals surface area contributed by atoms with Gasteiger partial charge in [-0.3, -0.25) is 0 Å². The first-order valence-electron chi connectivity index (χ1n) is 10.6. The third-order valence-electron chi connectivity index (χ3n) is 5.44. The molecule has 0 N–H and O–H groups in total. The molecule has 0 amide bonds. The molecule has 0 radical (unpaired) electrons. The molecule has 1 unspecified atom stereocenters. The Balaban J connectivity index is 1.86. The molecule has 0 bridgehead atoms. The van der Waals surface area contributed by atoms with Gasteiger partial charge in [0.2, 0.25) is 0 Å². The van der Waals surface area contributed by atoms with Crippen molar-refractivity contribution >= 4 is 10.9 Å². The predicted molar refractivity (Wildman–Crippen MR) is 132 cm³/mol. The van der Waals surface area contributed by atoms with Crippen LogP contribution in [0.3, 0.4) is 0 Å². The lowest BCUT2D eigenvalue weighted by Gasteiger charge is -2.19. The highest BCUT2D eigenvalue weighted by molar-refractivity contribution is 7.97. The van der Waals surface area contributed by atoms with Crippen LogP contribution in [0.1, 0.15) is 26.3 Å². The van der Waals surface area contributed by atoms with Crippen molar-refractivity contribution in [3.63, 3.8) is 0 Å². The fourth-order valence-electron chi connectivity index (χ4n) is 3.69. The Labute approximate surface area is 189 Å². The van der Waals surface area contributed by atoms with Crippen LogP contribution >= 0.6 is 0 Å². The number of benzene rings is 4. The molecule has 0 fully saturated rings. The summed E-state index contributed by atoms with van der Waals surface area (Å²) in [6.45, 7) is 6.79. The molecular weight excluding hydrogens is 396 g/mol. The van der Waals surface area contributed by atoms with Crippen molar-refractivity contribution in [2.24, 2.45) is 0 Å². The normalized spacial score (nSPS) is 12.4. The number of methoxy groups -OCH3 is 1. The number of ether oxygens (including phenoxy) is 1. The molecule has 0 aliphatic rings. The van der Waals surface area contributed by atoms with Crippen molar-refractivity contribution in [1.82, 2.24) is 0 Å². The summed E-state index contributed by atoms with van der Waals surface area (Å²) in [5.74, 6) is 0.876. The molecule has 0 saturated heterocycles. The first-order valence-corrected chi connectivity index (χ1v) is 11.8. The molecular formula is C29H29OS+. The Kier molecular flexibility index (Phi) is 6.20. The van der Waals surface area contributed by atoms with Gasteiger partial charge in [0.15, 0.2) is 14.7 Å². The van der Waals surface area contributed by atoms with Gasteiger partial charge in [-0.05, 0) is 65.1 Å². The molecule has 1 nitrogen and oxygen atoms in total. The van der Waals surface area contributed by atoms with Crippen LogP contribution in [0.5, 0.6) is 5.75 Å². The summed E-state index contributed by atoms with van der Waals surface area (Å²) >= 11 is 0. The quantitative estimate of drug-likeness (QED) is 0.297. The van der Waals surface area contributed by atoms with E-state index in [1.807, 2.05) is 12.1 Å². The van der Waals surface area contributed by atoms with E-state index < -0.39 is 0 Å². The van der Waals surface area contributed by atoms with Gasteiger partial charge in [0.05, 0.1) is 18.0 Å². The van der Waals surface area contributed by atoms with Crippen molar-refractivity contribution in [3.05, 3.63) is 109 Å². The van der Waals surface area contributed by atoms with Crippen molar-refractivity contribution in [3.8, 4) is 16.9 Å². The average Bonchev–Trinajstić information content (AvgIpc) is 2.80. The highest BCUT2D eigenvalue weighted by Gasteiger charge is 2.31. The zero-order valence-corrected chi connectivity index (χ0v) is 19.4. The smallest absolute Gasteiger partial charge is 0.174 e. The van der Waals surface area contributed by atoms with E-state index >= 15 is 0 Å². The molecule has 0 spiro atoms. The van der Waals surface area contributed by atoms with Crippen LogP contribution in [0.25, 0.3) is 11.1 Å². The van der Waals surface area contributed by atoms with E-state index in [1.165, 1.54) is 31.4 Å². The van der Waals surface area contributed by atoms with Gasteiger partial charge < -0.3 is 4.74 Å². The van der Waals surface area contributed by atoms with E-state index in [1.54, 1.807) is 7.11 Å². The summed E-state index contributed by atoms with van der Waals surface area (Å²) in [6.07, 6.45) is 0. The van der Waals surface area contributed by atoms with Gasteiger partial charge in [-0.25, -0.2) is 0 Å². The predicted octanol–water partition coefficient (Wildman–Crippen LogP) is 7.76. The van der Waals surface area contributed by atoms with E-state index in [9.17, 15) is 0 Å². The summed E-state index contributed by atoms with van der Waals surface area (Å²) in [6, 6.07) is 37.1. The Morgan fingerprint density at radius 3 is 1.81 bits per heavy atom. The summed E-state index contributed by atoms with van der Waals surface area (Å²) in [5.41, 5.74) is 3.97. The maximum Gasteiger partial charge on any atom is 0.174 e. The van der Waals surface area contributed by atoms with Crippen LogP contribution in [0.2, 0.25) is 0 Å². The van der Waals surface area contributed by atoms with E-state index in [4.69, 9.17) is 4.74 Å².